The largest absolute Gasteiger partial charge is 0.382 e. The molecule has 1 fully saturated rings. The summed E-state index contributed by atoms with van der Waals surface area (Å²) in [7, 11) is 0. The molecule has 0 aromatic heterocycles. The Morgan fingerprint density at radius 3 is 2.47 bits per heavy atom. The molecule has 1 saturated carbocycles. The van der Waals surface area contributed by atoms with E-state index in [4.69, 9.17) is 0 Å². The number of rotatable bonds is 6. The SMILES string of the molecule is CCCCCc1ccc(NC2CCCCC2C)cc1. The molecule has 0 radical (unpaired) electrons. The lowest BCUT2D eigenvalue weighted by atomic mass is 9.86. The average Bonchev–Trinajstić information content (AvgIpc) is 2.44. The van der Waals surface area contributed by atoms with Crippen molar-refractivity contribution < 1.29 is 0 Å². The van der Waals surface area contributed by atoms with Gasteiger partial charge in [-0.25, -0.2) is 0 Å². The molecule has 106 valence electrons. The van der Waals surface area contributed by atoms with Crippen molar-refractivity contribution in [2.45, 2.75) is 71.3 Å². The third-order valence-electron chi connectivity index (χ3n) is 4.49. The lowest BCUT2D eigenvalue weighted by Gasteiger charge is -2.30. The van der Waals surface area contributed by atoms with E-state index in [1.165, 1.54) is 62.6 Å². The Morgan fingerprint density at radius 2 is 1.79 bits per heavy atom. The fraction of sp³-hybridized carbons (Fsp3) is 0.667. The van der Waals surface area contributed by atoms with Crippen molar-refractivity contribution in [2.24, 2.45) is 5.92 Å². The van der Waals surface area contributed by atoms with Crippen LogP contribution in [-0.4, -0.2) is 6.04 Å². The lowest BCUT2D eigenvalue weighted by Crippen LogP contribution is -2.30. The van der Waals surface area contributed by atoms with E-state index in [1.807, 2.05) is 0 Å². The molecule has 0 bridgehead atoms. The first-order valence-corrected chi connectivity index (χ1v) is 8.15. The van der Waals surface area contributed by atoms with E-state index in [1.54, 1.807) is 0 Å². The van der Waals surface area contributed by atoms with Gasteiger partial charge in [0.15, 0.2) is 0 Å². The van der Waals surface area contributed by atoms with Crippen LogP contribution in [0.1, 0.15) is 64.4 Å². The normalized spacial score (nSPS) is 23.3. The van der Waals surface area contributed by atoms with Crippen molar-refractivity contribution in [3.63, 3.8) is 0 Å². The molecule has 1 heteroatoms. The molecule has 0 heterocycles. The highest BCUT2D eigenvalue weighted by Crippen LogP contribution is 2.26. The number of hydrogen-bond donors (Lipinski definition) is 1. The van der Waals surface area contributed by atoms with Gasteiger partial charge in [0.05, 0.1) is 0 Å². The summed E-state index contributed by atoms with van der Waals surface area (Å²) >= 11 is 0. The maximum absolute atomic E-state index is 3.73. The van der Waals surface area contributed by atoms with E-state index < -0.39 is 0 Å². The first kappa shape index (κ1) is 14.4. The third kappa shape index (κ3) is 4.56. The molecule has 1 aliphatic carbocycles. The predicted molar refractivity (Wildman–Crippen MR) is 84.7 cm³/mol. The van der Waals surface area contributed by atoms with E-state index in [2.05, 4.69) is 43.4 Å². The summed E-state index contributed by atoms with van der Waals surface area (Å²) in [5.74, 6) is 0.818. The Hall–Kier alpha value is -0.980. The van der Waals surface area contributed by atoms with E-state index in [0.29, 0.717) is 6.04 Å². The second kappa shape index (κ2) is 7.57. The Morgan fingerprint density at radius 1 is 1.05 bits per heavy atom. The molecule has 1 N–H and O–H groups in total. The van der Waals surface area contributed by atoms with Gasteiger partial charge in [0.1, 0.15) is 0 Å². The maximum Gasteiger partial charge on any atom is 0.0342 e. The number of benzene rings is 1. The van der Waals surface area contributed by atoms with Gasteiger partial charge in [-0.3, -0.25) is 0 Å². The topological polar surface area (TPSA) is 12.0 Å². The van der Waals surface area contributed by atoms with Crippen LogP contribution in [0, 0.1) is 5.92 Å². The highest BCUT2D eigenvalue weighted by Gasteiger charge is 2.20. The van der Waals surface area contributed by atoms with Crippen LogP contribution in [0.3, 0.4) is 0 Å². The minimum atomic E-state index is 0.680. The summed E-state index contributed by atoms with van der Waals surface area (Å²) in [5, 5.41) is 3.73. The van der Waals surface area contributed by atoms with Crippen molar-refractivity contribution >= 4 is 5.69 Å². The molecule has 1 nitrogen and oxygen atoms in total. The van der Waals surface area contributed by atoms with E-state index in [9.17, 15) is 0 Å². The standard InChI is InChI=1S/C18H29N/c1-3-4-5-9-16-11-13-17(14-12-16)19-18-10-7-6-8-15(18)2/h11-15,18-19H,3-10H2,1-2H3. The molecule has 0 spiro atoms. The van der Waals surface area contributed by atoms with Crippen molar-refractivity contribution in [3.8, 4) is 0 Å². The van der Waals surface area contributed by atoms with Gasteiger partial charge >= 0.3 is 0 Å². The predicted octanol–water partition coefficient (Wildman–Crippen LogP) is 5.41. The molecule has 0 aliphatic heterocycles. The van der Waals surface area contributed by atoms with Gasteiger partial charge in [0, 0.05) is 11.7 Å². The molecular formula is C18H29N. The van der Waals surface area contributed by atoms with Gasteiger partial charge in [-0.15, -0.1) is 0 Å². The van der Waals surface area contributed by atoms with Crippen LogP contribution in [-0.2, 0) is 6.42 Å². The zero-order valence-corrected chi connectivity index (χ0v) is 12.6. The summed E-state index contributed by atoms with van der Waals surface area (Å²) < 4.78 is 0. The van der Waals surface area contributed by atoms with Crippen LogP contribution >= 0.6 is 0 Å². The van der Waals surface area contributed by atoms with Gasteiger partial charge in [-0.05, 0) is 49.3 Å². The monoisotopic (exact) mass is 259 g/mol. The Kier molecular flexibility index (Phi) is 5.75. The van der Waals surface area contributed by atoms with Crippen LogP contribution < -0.4 is 5.32 Å². The second-order valence-electron chi connectivity index (χ2n) is 6.17. The molecule has 1 aliphatic rings. The first-order chi connectivity index (χ1) is 9.29. The number of anilines is 1. The summed E-state index contributed by atoms with van der Waals surface area (Å²) in [6.07, 6.45) is 10.7. The van der Waals surface area contributed by atoms with E-state index in [0.717, 1.165) is 5.92 Å². The van der Waals surface area contributed by atoms with Crippen LogP contribution in [0.4, 0.5) is 5.69 Å². The molecular weight excluding hydrogens is 230 g/mol. The molecule has 1 aromatic carbocycles. The van der Waals surface area contributed by atoms with E-state index >= 15 is 0 Å². The minimum Gasteiger partial charge on any atom is -0.382 e. The number of hydrogen-bond acceptors (Lipinski definition) is 1. The third-order valence-corrected chi connectivity index (χ3v) is 4.49. The molecule has 0 saturated heterocycles. The number of unbranched alkanes of at least 4 members (excludes halogenated alkanes) is 2. The summed E-state index contributed by atoms with van der Waals surface area (Å²) in [4.78, 5) is 0. The zero-order valence-electron chi connectivity index (χ0n) is 12.6. The maximum atomic E-state index is 3.73. The summed E-state index contributed by atoms with van der Waals surface area (Å²) in [5.41, 5.74) is 2.79. The lowest BCUT2D eigenvalue weighted by molar-refractivity contribution is 0.349. The van der Waals surface area contributed by atoms with Gasteiger partial charge in [-0.2, -0.15) is 0 Å². The number of nitrogens with one attached hydrogen (secondary N) is 1. The summed E-state index contributed by atoms with van der Waals surface area (Å²) in [6.45, 7) is 4.65. The number of aryl methyl sites for hydroxylation is 1. The fourth-order valence-corrected chi connectivity index (χ4v) is 3.09. The van der Waals surface area contributed by atoms with Crippen molar-refractivity contribution in [3.05, 3.63) is 29.8 Å². The minimum absolute atomic E-state index is 0.680. The van der Waals surface area contributed by atoms with E-state index in [-0.39, 0.29) is 0 Å². The first-order valence-electron chi connectivity index (χ1n) is 8.15. The van der Waals surface area contributed by atoms with Crippen LogP contribution in [0.2, 0.25) is 0 Å². The highest BCUT2D eigenvalue weighted by molar-refractivity contribution is 5.45. The molecule has 2 rings (SSSR count). The molecule has 1 aromatic rings. The molecule has 0 amide bonds. The fourth-order valence-electron chi connectivity index (χ4n) is 3.09. The highest BCUT2D eigenvalue weighted by atomic mass is 14.9. The van der Waals surface area contributed by atoms with Crippen molar-refractivity contribution in [1.82, 2.24) is 0 Å². The van der Waals surface area contributed by atoms with Crippen molar-refractivity contribution in [1.29, 1.82) is 0 Å². The van der Waals surface area contributed by atoms with Crippen LogP contribution in [0.15, 0.2) is 24.3 Å². The van der Waals surface area contributed by atoms with Crippen LogP contribution in [0.25, 0.3) is 0 Å². The molecule has 2 atom stereocenters. The quantitative estimate of drug-likeness (QED) is 0.673. The van der Waals surface area contributed by atoms with Gasteiger partial charge in [-0.1, -0.05) is 51.7 Å². The Labute approximate surface area is 118 Å². The van der Waals surface area contributed by atoms with Gasteiger partial charge < -0.3 is 5.32 Å². The average molecular weight is 259 g/mol. The Bertz CT molecular complexity index is 354. The second-order valence-corrected chi connectivity index (χ2v) is 6.17. The zero-order chi connectivity index (χ0) is 13.5. The van der Waals surface area contributed by atoms with Gasteiger partial charge in [0.2, 0.25) is 0 Å². The molecule has 2 unspecified atom stereocenters. The smallest absolute Gasteiger partial charge is 0.0342 e. The van der Waals surface area contributed by atoms with Gasteiger partial charge in [0.25, 0.3) is 0 Å². The van der Waals surface area contributed by atoms with Crippen LogP contribution in [0.5, 0.6) is 0 Å². The Balaban J connectivity index is 1.84. The summed E-state index contributed by atoms with van der Waals surface area (Å²) in [6, 6.07) is 9.81. The van der Waals surface area contributed by atoms with Crippen molar-refractivity contribution in [2.75, 3.05) is 5.32 Å². The molecule has 19 heavy (non-hydrogen) atoms.